The number of likely N-dealkylation sites (tertiary alicyclic amines) is 1. The Morgan fingerprint density at radius 1 is 1.18 bits per heavy atom. The predicted molar refractivity (Wildman–Crippen MR) is 156 cm³/mol. The fraction of sp³-hybridized carbons (Fsp3) is 0.562. The summed E-state index contributed by atoms with van der Waals surface area (Å²) < 4.78 is 0. The van der Waals surface area contributed by atoms with E-state index in [0.29, 0.717) is 30.1 Å². The van der Waals surface area contributed by atoms with Crippen LogP contribution in [0.4, 0.5) is 5.69 Å². The summed E-state index contributed by atoms with van der Waals surface area (Å²) in [5.74, 6) is 2.25. The van der Waals surface area contributed by atoms with E-state index in [2.05, 4.69) is 36.9 Å². The number of fused-ring (bicyclic) bond motifs is 1. The number of nitrogens with zero attached hydrogens (tertiary/aromatic N) is 4. The number of aromatic nitrogens is 1. The maximum Gasteiger partial charge on any atom is 0.259 e. The zero-order valence-corrected chi connectivity index (χ0v) is 23.7. The molecule has 1 saturated heterocycles. The van der Waals surface area contributed by atoms with Crippen LogP contribution in [0.15, 0.2) is 30.3 Å². The zero-order valence-electron chi connectivity index (χ0n) is 23.7. The van der Waals surface area contributed by atoms with Crippen molar-refractivity contribution in [1.29, 1.82) is 10.8 Å². The van der Waals surface area contributed by atoms with Crippen molar-refractivity contribution in [2.45, 2.75) is 83.2 Å². The molecule has 0 unspecified atom stereocenters. The van der Waals surface area contributed by atoms with E-state index in [0.717, 1.165) is 85.5 Å². The molecule has 2 saturated carbocycles. The molecule has 3 heterocycles. The van der Waals surface area contributed by atoms with E-state index in [4.69, 9.17) is 15.8 Å². The Labute approximate surface area is 232 Å². The molecule has 4 aliphatic rings. The van der Waals surface area contributed by atoms with Gasteiger partial charge in [-0.05, 0) is 87.1 Å². The van der Waals surface area contributed by atoms with Crippen LogP contribution in [0.25, 0.3) is 0 Å². The fourth-order valence-corrected chi connectivity index (χ4v) is 7.30. The van der Waals surface area contributed by atoms with Crippen LogP contribution in [0.2, 0.25) is 0 Å². The SMILES string of the molecule is C[C@H]1CCCN(Cc2cc3c(c(C4CC4)n2)CN(c2cccc([C@@]4(C(=N)N(C)C=N)CC[C@H](C)C4)c2)C3=O)C1. The first-order valence-electron chi connectivity index (χ1n) is 14.8. The van der Waals surface area contributed by atoms with Gasteiger partial charge in [-0.25, -0.2) is 0 Å². The minimum atomic E-state index is -0.434. The summed E-state index contributed by atoms with van der Waals surface area (Å²) in [5.41, 5.74) is 5.67. The number of piperidine rings is 1. The molecule has 6 rings (SSSR count). The standard InChI is InChI=1S/C32H42N6O/c1-21-11-12-32(16-21,31(34)36(3)20-33)24-7-4-8-26(14-24)38-19-28-27(30(38)39)15-25(35-29(28)23-9-10-23)18-37-13-5-6-22(2)17-37/h4,7-8,14-15,20-23,33-34H,5-6,9-13,16-19H2,1-3H3/t21-,22-,32+/m0/s1. The number of anilines is 1. The van der Waals surface area contributed by atoms with Crippen LogP contribution < -0.4 is 4.90 Å². The molecule has 3 fully saturated rings. The van der Waals surface area contributed by atoms with Gasteiger partial charge in [0, 0.05) is 48.6 Å². The zero-order chi connectivity index (χ0) is 27.3. The molecule has 0 spiro atoms. The van der Waals surface area contributed by atoms with Crippen molar-refractivity contribution in [3.05, 3.63) is 58.4 Å². The average molecular weight is 527 g/mol. The molecule has 7 heteroatoms. The molecule has 0 radical (unpaired) electrons. The lowest BCUT2D eigenvalue weighted by molar-refractivity contribution is 0.0996. The quantitative estimate of drug-likeness (QED) is 0.346. The average Bonchev–Trinajstić information content (AvgIpc) is 3.63. The van der Waals surface area contributed by atoms with Gasteiger partial charge in [-0.15, -0.1) is 0 Å². The van der Waals surface area contributed by atoms with Gasteiger partial charge >= 0.3 is 0 Å². The lowest BCUT2D eigenvalue weighted by atomic mass is 9.76. The molecule has 206 valence electrons. The molecule has 2 aliphatic heterocycles. The first-order chi connectivity index (χ1) is 18.8. The van der Waals surface area contributed by atoms with Crippen molar-refractivity contribution in [2.75, 3.05) is 25.0 Å². The maximum absolute atomic E-state index is 13.9. The second-order valence-corrected chi connectivity index (χ2v) is 12.7. The van der Waals surface area contributed by atoms with Crippen LogP contribution in [-0.2, 0) is 18.5 Å². The Balaban J connectivity index is 1.32. The molecule has 1 aromatic heterocycles. The minimum absolute atomic E-state index is 0.0697. The van der Waals surface area contributed by atoms with E-state index in [1.54, 1.807) is 11.9 Å². The Kier molecular flexibility index (Phi) is 6.82. The summed E-state index contributed by atoms with van der Waals surface area (Å²) in [4.78, 5) is 25.2. The summed E-state index contributed by atoms with van der Waals surface area (Å²) in [6.07, 6.45) is 8.91. The second kappa shape index (κ2) is 10.2. The number of amides is 1. The molecule has 2 N–H and O–H groups in total. The topological polar surface area (TPSA) is 87.4 Å². The number of carbonyl (C=O) groups is 1. The number of hydrogen-bond donors (Lipinski definition) is 2. The van der Waals surface area contributed by atoms with Gasteiger partial charge in [0.1, 0.15) is 5.84 Å². The van der Waals surface area contributed by atoms with E-state index in [1.165, 1.54) is 19.2 Å². The molecule has 39 heavy (non-hydrogen) atoms. The van der Waals surface area contributed by atoms with Gasteiger partial charge in [-0.3, -0.25) is 25.5 Å². The van der Waals surface area contributed by atoms with Crippen molar-refractivity contribution in [3.63, 3.8) is 0 Å². The molecular weight excluding hydrogens is 484 g/mol. The second-order valence-electron chi connectivity index (χ2n) is 12.7. The number of carbonyl (C=O) groups excluding carboxylic acids is 1. The van der Waals surface area contributed by atoms with Gasteiger partial charge < -0.3 is 9.80 Å². The number of likely N-dealkylation sites (N-methyl/N-ethyl adjacent to an activating group) is 1. The monoisotopic (exact) mass is 526 g/mol. The third kappa shape index (κ3) is 4.79. The predicted octanol–water partition coefficient (Wildman–Crippen LogP) is 5.93. The Morgan fingerprint density at radius 3 is 2.69 bits per heavy atom. The lowest BCUT2D eigenvalue weighted by Gasteiger charge is -2.35. The third-order valence-electron chi connectivity index (χ3n) is 9.56. The van der Waals surface area contributed by atoms with E-state index < -0.39 is 5.41 Å². The number of rotatable bonds is 7. The van der Waals surface area contributed by atoms with E-state index in [9.17, 15) is 4.79 Å². The molecule has 1 amide bonds. The molecule has 1 aromatic carbocycles. The molecule has 7 nitrogen and oxygen atoms in total. The summed E-state index contributed by atoms with van der Waals surface area (Å²) >= 11 is 0. The van der Waals surface area contributed by atoms with E-state index in [-0.39, 0.29) is 5.91 Å². The molecule has 3 atom stereocenters. The number of amidine groups is 1. The number of hydrogen-bond acceptors (Lipinski definition) is 5. The van der Waals surface area contributed by atoms with E-state index >= 15 is 0 Å². The normalized spacial score (nSPS) is 27.1. The number of pyridine rings is 1. The first-order valence-corrected chi connectivity index (χ1v) is 14.8. The fourth-order valence-electron chi connectivity index (χ4n) is 7.30. The van der Waals surface area contributed by atoms with Crippen molar-refractivity contribution in [2.24, 2.45) is 11.8 Å². The van der Waals surface area contributed by atoms with Crippen LogP contribution in [-0.4, -0.2) is 53.0 Å². The first kappa shape index (κ1) is 26.2. The van der Waals surface area contributed by atoms with Crippen molar-refractivity contribution >= 4 is 23.8 Å². The summed E-state index contributed by atoms with van der Waals surface area (Å²) in [5, 5.41) is 16.7. The smallest absolute Gasteiger partial charge is 0.259 e. The molecule has 2 aromatic rings. The summed E-state index contributed by atoms with van der Waals surface area (Å²) in [6, 6.07) is 10.4. The van der Waals surface area contributed by atoms with Crippen LogP contribution >= 0.6 is 0 Å². The van der Waals surface area contributed by atoms with Crippen LogP contribution in [0.3, 0.4) is 0 Å². The molecular formula is C32H42N6O. The lowest BCUT2D eigenvalue weighted by Crippen LogP contribution is -2.42. The third-order valence-corrected chi connectivity index (χ3v) is 9.56. The van der Waals surface area contributed by atoms with Crippen molar-refractivity contribution in [3.8, 4) is 0 Å². The highest BCUT2D eigenvalue weighted by atomic mass is 16.2. The molecule has 2 aliphatic carbocycles. The van der Waals surface area contributed by atoms with Gasteiger partial charge in [0.05, 0.1) is 24.0 Å². The van der Waals surface area contributed by atoms with Gasteiger partial charge in [-0.1, -0.05) is 26.0 Å². The minimum Gasteiger partial charge on any atom is -0.324 e. The highest BCUT2D eigenvalue weighted by molar-refractivity contribution is 6.10. The van der Waals surface area contributed by atoms with Gasteiger partial charge in [0.25, 0.3) is 5.91 Å². The highest BCUT2D eigenvalue weighted by Gasteiger charge is 2.45. The Morgan fingerprint density at radius 2 is 2.00 bits per heavy atom. The highest BCUT2D eigenvalue weighted by Crippen LogP contribution is 2.47. The summed E-state index contributed by atoms with van der Waals surface area (Å²) in [7, 11) is 1.79. The van der Waals surface area contributed by atoms with Crippen molar-refractivity contribution in [1.82, 2.24) is 14.8 Å². The van der Waals surface area contributed by atoms with Gasteiger partial charge in [0.2, 0.25) is 0 Å². The van der Waals surface area contributed by atoms with Gasteiger partial charge in [-0.2, -0.15) is 0 Å². The van der Waals surface area contributed by atoms with Crippen LogP contribution in [0.5, 0.6) is 0 Å². The number of benzene rings is 1. The van der Waals surface area contributed by atoms with Gasteiger partial charge in [0.15, 0.2) is 0 Å². The van der Waals surface area contributed by atoms with E-state index in [1.807, 2.05) is 17.0 Å². The maximum atomic E-state index is 13.9. The van der Waals surface area contributed by atoms with Crippen molar-refractivity contribution < 1.29 is 4.79 Å². The Bertz CT molecular complexity index is 1300. The number of nitrogens with one attached hydrogen (secondary N) is 2. The Hall–Kier alpha value is -3.06. The largest absolute Gasteiger partial charge is 0.324 e. The summed E-state index contributed by atoms with van der Waals surface area (Å²) in [6.45, 7) is 8.18. The van der Waals surface area contributed by atoms with Crippen LogP contribution in [0.1, 0.15) is 97.6 Å². The molecule has 0 bridgehead atoms. The van der Waals surface area contributed by atoms with Crippen LogP contribution in [0, 0.1) is 22.7 Å².